The first-order valence-electron chi connectivity index (χ1n) is 3.41. The van der Waals surface area contributed by atoms with Gasteiger partial charge in [-0.2, -0.15) is 0 Å². The van der Waals surface area contributed by atoms with Crippen LogP contribution in [-0.4, -0.2) is 16.5 Å². The Bertz CT molecular complexity index is 295. The lowest BCUT2D eigenvalue weighted by molar-refractivity contribution is -0.465. The van der Waals surface area contributed by atoms with Gasteiger partial charge in [0.05, 0.1) is 5.69 Å². The van der Waals surface area contributed by atoms with Crippen molar-refractivity contribution in [2.75, 3.05) is 6.54 Å². The molecule has 0 aliphatic rings. The molecule has 4 nitrogen and oxygen atoms in total. The number of pyridine rings is 1. The van der Waals surface area contributed by atoms with Crippen LogP contribution in [0.4, 0.5) is 0 Å². The molecule has 12 heavy (non-hydrogen) atoms. The molecule has 1 rings (SSSR count). The van der Waals surface area contributed by atoms with Crippen molar-refractivity contribution >= 4 is 5.57 Å². The van der Waals surface area contributed by atoms with Crippen molar-refractivity contribution in [1.82, 2.24) is 4.98 Å². The van der Waals surface area contributed by atoms with E-state index in [0.29, 0.717) is 11.3 Å². The van der Waals surface area contributed by atoms with Crippen LogP contribution in [-0.2, 0) is 0 Å². The molecular weight excluding hydrogens is 156 g/mol. The average Bonchev–Trinajstić information content (AvgIpc) is 2.05. The minimum Gasteiger partial charge on any atom is -0.264 e. The first kappa shape index (κ1) is 8.39. The summed E-state index contributed by atoms with van der Waals surface area (Å²) in [6.45, 7) is 3.31. The van der Waals surface area contributed by atoms with Crippen molar-refractivity contribution in [2.45, 2.75) is 0 Å². The lowest BCUT2D eigenvalue weighted by atomic mass is 10.2. The predicted octanol–water partition coefficient (Wildman–Crippen LogP) is 1.37. The molecule has 4 heteroatoms. The van der Waals surface area contributed by atoms with Gasteiger partial charge >= 0.3 is 0 Å². The molecule has 0 unspecified atom stereocenters. The summed E-state index contributed by atoms with van der Waals surface area (Å²) in [5, 5.41) is 10.1. The van der Waals surface area contributed by atoms with Gasteiger partial charge in [0.15, 0.2) is 0 Å². The average molecular weight is 164 g/mol. The molecule has 0 aliphatic carbocycles. The van der Waals surface area contributed by atoms with Gasteiger partial charge in [-0.05, 0) is 12.1 Å². The molecule has 0 aliphatic heterocycles. The first-order chi connectivity index (χ1) is 5.70. The van der Waals surface area contributed by atoms with Crippen LogP contribution in [0.3, 0.4) is 0 Å². The maximum absolute atomic E-state index is 10.1. The minimum atomic E-state index is -0.420. The Balaban J connectivity index is 2.73. The van der Waals surface area contributed by atoms with Crippen molar-refractivity contribution in [3.05, 3.63) is 46.8 Å². The molecule has 1 aromatic rings. The minimum absolute atomic E-state index is 0.253. The Kier molecular flexibility index (Phi) is 2.53. The molecule has 1 aromatic heterocycles. The van der Waals surface area contributed by atoms with E-state index in [2.05, 4.69) is 11.6 Å². The monoisotopic (exact) mass is 164 g/mol. The third kappa shape index (κ3) is 2.16. The summed E-state index contributed by atoms with van der Waals surface area (Å²) >= 11 is 0. The summed E-state index contributed by atoms with van der Waals surface area (Å²) in [4.78, 5) is 13.6. The van der Waals surface area contributed by atoms with E-state index in [9.17, 15) is 10.1 Å². The molecule has 0 aromatic carbocycles. The fourth-order valence-corrected chi connectivity index (χ4v) is 0.809. The van der Waals surface area contributed by atoms with Gasteiger partial charge in [-0.15, -0.1) is 0 Å². The van der Waals surface area contributed by atoms with Gasteiger partial charge < -0.3 is 0 Å². The molecule has 0 radical (unpaired) electrons. The fourth-order valence-electron chi connectivity index (χ4n) is 0.809. The SMILES string of the molecule is C=C(C[N+](=O)[O-])c1ccccn1. The van der Waals surface area contributed by atoms with Crippen molar-refractivity contribution in [1.29, 1.82) is 0 Å². The Hall–Kier alpha value is -1.71. The van der Waals surface area contributed by atoms with Crippen molar-refractivity contribution in [2.24, 2.45) is 0 Å². The molecule has 62 valence electrons. The topological polar surface area (TPSA) is 56.0 Å². The lowest BCUT2D eigenvalue weighted by Gasteiger charge is -1.97. The van der Waals surface area contributed by atoms with E-state index in [1.807, 2.05) is 0 Å². The molecule has 0 bridgehead atoms. The molecular formula is C8H8N2O2. The highest BCUT2D eigenvalue weighted by Crippen LogP contribution is 2.07. The number of nitrogens with zero attached hydrogens (tertiary/aromatic N) is 2. The molecule has 0 N–H and O–H groups in total. The summed E-state index contributed by atoms with van der Waals surface area (Å²) in [6.07, 6.45) is 1.58. The van der Waals surface area contributed by atoms with Crippen molar-refractivity contribution < 1.29 is 4.92 Å². The van der Waals surface area contributed by atoms with E-state index in [-0.39, 0.29) is 6.54 Å². The second-order valence-corrected chi connectivity index (χ2v) is 2.31. The molecule has 0 spiro atoms. The Morgan fingerprint density at radius 3 is 2.92 bits per heavy atom. The number of aromatic nitrogens is 1. The zero-order chi connectivity index (χ0) is 8.97. The largest absolute Gasteiger partial charge is 0.264 e. The highest BCUT2D eigenvalue weighted by atomic mass is 16.6. The number of nitro groups is 1. The smallest absolute Gasteiger partial charge is 0.230 e. The van der Waals surface area contributed by atoms with Crippen LogP contribution in [0.1, 0.15) is 5.69 Å². The van der Waals surface area contributed by atoms with E-state index in [4.69, 9.17) is 0 Å². The molecule has 0 atom stereocenters. The summed E-state index contributed by atoms with van der Waals surface area (Å²) in [7, 11) is 0. The normalized spacial score (nSPS) is 9.33. The van der Waals surface area contributed by atoms with E-state index >= 15 is 0 Å². The molecule has 0 fully saturated rings. The third-order valence-corrected chi connectivity index (χ3v) is 1.35. The second-order valence-electron chi connectivity index (χ2n) is 2.31. The van der Waals surface area contributed by atoms with Crippen LogP contribution in [0.2, 0.25) is 0 Å². The summed E-state index contributed by atoms with van der Waals surface area (Å²) in [5.41, 5.74) is 1.01. The van der Waals surface area contributed by atoms with Crippen molar-refractivity contribution in [3.63, 3.8) is 0 Å². The van der Waals surface area contributed by atoms with Crippen LogP contribution in [0, 0.1) is 10.1 Å². The molecule has 1 heterocycles. The van der Waals surface area contributed by atoms with E-state index in [1.165, 1.54) is 0 Å². The number of rotatable bonds is 3. The van der Waals surface area contributed by atoms with Gasteiger partial charge in [0.2, 0.25) is 6.54 Å². The van der Waals surface area contributed by atoms with Gasteiger partial charge in [-0.3, -0.25) is 15.1 Å². The highest BCUT2D eigenvalue weighted by molar-refractivity contribution is 5.60. The van der Waals surface area contributed by atoms with E-state index < -0.39 is 4.92 Å². The highest BCUT2D eigenvalue weighted by Gasteiger charge is 2.05. The van der Waals surface area contributed by atoms with Gasteiger partial charge in [0, 0.05) is 16.7 Å². The van der Waals surface area contributed by atoms with Crippen LogP contribution in [0.5, 0.6) is 0 Å². The van der Waals surface area contributed by atoms with Gasteiger partial charge in [0.1, 0.15) is 0 Å². The first-order valence-corrected chi connectivity index (χ1v) is 3.41. The lowest BCUT2D eigenvalue weighted by Crippen LogP contribution is -2.03. The van der Waals surface area contributed by atoms with Crippen LogP contribution < -0.4 is 0 Å². The predicted molar refractivity (Wildman–Crippen MR) is 45.1 cm³/mol. The quantitative estimate of drug-likeness (QED) is 0.500. The summed E-state index contributed by atoms with van der Waals surface area (Å²) < 4.78 is 0. The Morgan fingerprint density at radius 1 is 1.67 bits per heavy atom. The Labute approximate surface area is 69.7 Å². The molecule has 0 saturated carbocycles. The van der Waals surface area contributed by atoms with Crippen molar-refractivity contribution in [3.8, 4) is 0 Å². The maximum Gasteiger partial charge on any atom is 0.230 e. The molecule has 0 saturated heterocycles. The van der Waals surface area contributed by atoms with Crippen LogP contribution in [0.15, 0.2) is 31.0 Å². The van der Waals surface area contributed by atoms with Gasteiger partial charge in [-0.25, -0.2) is 0 Å². The molecule has 0 amide bonds. The van der Waals surface area contributed by atoms with Crippen LogP contribution in [0.25, 0.3) is 5.57 Å². The third-order valence-electron chi connectivity index (χ3n) is 1.35. The summed E-state index contributed by atoms with van der Waals surface area (Å²) in [5.74, 6) is 0. The zero-order valence-corrected chi connectivity index (χ0v) is 6.43. The number of hydrogen-bond acceptors (Lipinski definition) is 3. The fraction of sp³-hybridized carbons (Fsp3) is 0.125. The standard InChI is InChI=1S/C8H8N2O2/c1-7(6-10(11)12)8-4-2-3-5-9-8/h2-5H,1,6H2. The van der Waals surface area contributed by atoms with Crippen LogP contribution >= 0.6 is 0 Å². The zero-order valence-electron chi connectivity index (χ0n) is 6.43. The Morgan fingerprint density at radius 2 is 2.42 bits per heavy atom. The van der Waals surface area contributed by atoms with Gasteiger partial charge in [-0.1, -0.05) is 12.6 Å². The summed E-state index contributed by atoms with van der Waals surface area (Å²) in [6, 6.07) is 5.22. The van der Waals surface area contributed by atoms with E-state index in [1.54, 1.807) is 24.4 Å². The number of hydrogen-bond donors (Lipinski definition) is 0. The van der Waals surface area contributed by atoms with E-state index in [0.717, 1.165) is 0 Å². The maximum atomic E-state index is 10.1. The second kappa shape index (κ2) is 3.61. The van der Waals surface area contributed by atoms with Gasteiger partial charge in [0.25, 0.3) is 0 Å².